The third kappa shape index (κ3) is 3.16. The number of benzene rings is 1. The van der Waals surface area contributed by atoms with Crippen molar-refractivity contribution in [2.45, 2.75) is 0 Å². The first-order valence-corrected chi connectivity index (χ1v) is 9.46. The van der Waals surface area contributed by atoms with Crippen LogP contribution in [0.2, 0.25) is 0 Å². The molecule has 4 rings (SSSR count). The van der Waals surface area contributed by atoms with Gasteiger partial charge in [0.25, 0.3) is 5.91 Å². The predicted octanol–water partition coefficient (Wildman–Crippen LogP) is 3.88. The van der Waals surface area contributed by atoms with Crippen molar-refractivity contribution in [1.82, 2.24) is 19.9 Å². The number of amides is 1. The molecule has 128 valence electrons. The maximum absolute atomic E-state index is 12.8. The first kappa shape index (κ1) is 16.6. The second kappa shape index (κ2) is 7.19. The van der Waals surface area contributed by atoms with Gasteiger partial charge in [0, 0.05) is 36.1 Å². The molecule has 1 aliphatic heterocycles. The number of aromatic nitrogens is 3. The number of rotatable bonds is 4. The van der Waals surface area contributed by atoms with Crippen LogP contribution in [0.25, 0.3) is 17.1 Å². The average Bonchev–Trinajstić information content (AvgIpc) is 3.27. The summed E-state index contributed by atoms with van der Waals surface area (Å²) in [4.78, 5) is 32.4. The number of carbonyl (C=O) groups is 1. The van der Waals surface area contributed by atoms with Crippen molar-refractivity contribution >= 4 is 56.4 Å². The lowest BCUT2D eigenvalue weighted by Gasteiger charge is -2.11. The number of amidine groups is 1. The third-order valence-corrected chi connectivity index (χ3v) is 5.30. The second-order valence-corrected chi connectivity index (χ2v) is 7.18. The van der Waals surface area contributed by atoms with E-state index in [9.17, 15) is 4.79 Å². The summed E-state index contributed by atoms with van der Waals surface area (Å²) < 4.78 is 0. The number of para-hydroxylation sites is 1. The molecule has 1 aliphatic rings. The molecule has 0 aliphatic carbocycles. The monoisotopic (exact) mass is 379 g/mol. The van der Waals surface area contributed by atoms with E-state index in [-0.39, 0.29) is 5.91 Å². The van der Waals surface area contributed by atoms with Crippen molar-refractivity contribution in [3.8, 4) is 0 Å². The lowest BCUT2D eigenvalue weighted by molar-refractivity contribution is -0.121. The van der Waals surface area contributed by atoms with E-state index in [1.165, 1.54) is 23.1 Å². The van der Waals surface area contributed by atoms with E-state index in [0.717, 1.165) is 16.6 Å². The van der Waals surface area contributed by atoms with Crippen molar-refractivity contribution in [3.63, 3.8) is 0 Å². The molecule has 3 aromatic rings. The fourth-order valence-corrected chi connectivity index (χ4v) is 4.05. The summed E-state index contributed by atoms with van der Waals surface area (Å²) in [7, 11) is 0. The molecule has 1 saturated heterocycles. The van der Waals surface area contributed by atoms with Crippen molar-refractivity contribution in [2.24, 2.45) is 4.99 Å². The lowest BCUT2D eigenvalue weighted by Crippen LogP contribution is -2.29. The van der Waals surface area contributed by atoms with Crippen LogP contribution in [0.1, 0.15) is 5.56 Å². The topological polar surface area (TPSA) is 71.3 Å². The second-order valence-electron chi connectivity index (χ2n) is 5.30. The van der Waals surface area contributed by atoms with Crippen LogP contribution in [0.15, 0.2) is 64.7 Å². The van der Waals surface area contributed by atoms with E-state index >= 15 is 0 Å². The molecule has 0 radical (unpaired) electrons. The molecule has 0 N–H and O–H groups in total. The predicted molar refractivity (Wildman–Crippen MR) is 106 cm³/mol. The zero-order valence-electron chi connectivity index (χ0n) is 13.6. The number of nitrogens with zero attached hydrogens (tertiary/aromatic N) is 5. The molecule has 8 heteroatoms. The molecule has 0 bridgehead atoms. The van der Waals surface area contributed by atoms with Crippen LogP contribution in [0.3, 0.4) is 0 Å². The third-order valence-electron chi connectivity index (χ3n) is 3.63. The van der Waals surface area contributed by atoms with Gasteiger partial charge >= 0.3 is 0 Å². The van der Waals surface area contributed by atoms with Gasteiger partial charge in [-0.3, -0.25) is 19.7 Å². The van der Waals surface area contributed by atoms with Gasteiger partial charge in [-0.1, -0.05) is 18.2 Å². The van der Waals surface area contributed by atoms with Gasteiger partial charge in [0.1, 0.15) is 0 Å². The smallest absolute Gasteiger partial charge is 0.267 e. The summed E-state index contributed by atoms with van der Waals surface area (Å²) in [6, 6.07) is 5.72. The first-order chi connectivity index (χ1) is 12.8. The van der Waals surface area contributed by atoms with Gasteiger partial charge in [0.05, 0.1) is 15.9 Å². The molecule has 0 spiro atoms. The van der Waals surface area contributed by atoms with Crippen molar-refractivity contribution in [1.29, 1.82) is 0 Å². The molecule has 3 heterocycles. The number of fused-ring (bicyclic) bond motifs is 1. The molecule has 2 aromatic heterocycles. The Morgan fingerprint density at radius 1 is 1.19 bits per heavy atom. The Kier molecular flexibility index (Phi) is 4.59. The molecule has 0 atom stereocenters. The zero-order chi connectivity index (χ0) is 17.9. The van der Waals surface area contributed by atoms with Crippen LogP contribution < -0.4 is 0 Å². The van der Waals surface area contributed by atoms with Crippen molar-refractivity contribution in [2.75, 3.05) is 6.54 Å². The number of aliphatic imine (C=N–C) groups is 1. The molecule has 1 fully saturated rings. The number of hydrogen-bond donors (Lipinski definition) is 0. The molecular formula is C18H13N5OS2. The number of carbonyl (C=O) groups excluding carboxylic acids is 1. The van der Waals surface area contributed by atoms with Gasteiger partial charge in [-0.05, 0) is 23.9 Å². The Labute approximate surface area is 158 Å². The Morgan fingerprint density at radius 3 is 2.88 bits per heavy atom. The van der Waals surface area contributed by atoms with E-state index in [1.807, 2.05) is 29.7 Å². The summed E-state index contributed by atoms with van der Waals surface area (Å²) in [5.74, 6) is -0.105. The Hall–Kier alpha value is -2.84. The van der Waals surface area contributed by atoms with Gasteiger partial charge in [0.15, 0.2) is 5.17 Å². The number of thiazole rings is 1. The van der Waals surface area contributed by atoms with E-state index in [2.05, 4.69) is 26.5 Å². The van der Waals surface area contributed by atoms with Gasteiger partial charge in [-0.25, -0.2) is 4.98 Å². The SMILES string of the molecule is C=CCN1C(=O)/C(=C/c2cccc3nccnc23)S/C1=N\c1nccs1. The Bertz CT molecular complexity index is 1040. The largest absolute Gasteiger partial charge is 0.282 e. The van der Waals surface area contributed by atoms with E-state index in [0.29, 0.717) is 21.7 Å². The van der Waals surface area contributed by atoms with Crippen LogP contribution in [-0.4, -0.2) is 37.5 Å². The Morgan fingerprint density at radius 2 is 2.08 bits per heavy atom. The minimum absolute atomic E-state index is 0.105. The van der Waals surface area contributed by atoms with Crippen LogP contribution in [0, 0.1) is 0 Å². The maximum Gasteiger partial charge on any atom is 0.267 e. The Balaban J connectivity index is 1.75. The van der Waals surface area contributed by atoms with Gasteiger partial charge in [-0.2, -0.15) is 4.99 Å². The minimum atomic E-state index is -0.105. The molecule has 1 aromatic carbocycles. The zero-order valence-corrected chi connectivity index (χ0v) is 15.2. The summed E-state index contributed by atoms with van der Waals surface area (Å²) >= 11 is 2.75. The highest BCUT2D eigenvalue weighted by Crippen LogP contribution is 2.35. The molecule has 6 nitrogen and oxygen atoms in total. The first-order valence-electron chi connectivity index (χ1n) is 7.76. The van der Waals surface area contributed by atoms with Crippen molar-refractivity contribution < 1.29 is 4.79 Å². The average molecular weight is 379 g/mol. The lowest BCUT2D eigenvalue weighted by atomic mass is 10.1. The van der Waals surface area contributed by atoms with E-state index in [4.69, 9.17) is 0 Å². The standard InChI is InChI=1S/C18H13N5OS2/c1-2-9-23-16(24)14(26-18(23)22-17-21-8-10-25-17)11-12-4-3-5-13-15(12)20-7-6-19-13/h2-8,10-11H,1,9H2/b14-11-,22-18-. The van der Waals surface area contributed by atoms with Gasteiger partial charge in [0.2, 0.25) is 5.13 Å². The normalized spacial score (nSPS) is 17.5. The molecule has 0 saturated carbocycles. The molecule has 26 heavy (non-hydrogen) atoms. The van der Waals surface area contributed by atoms with Crippen LogP contribution >= 0.6 is 23.1 Å². The highest BCUT2D eigenvalue weighted by molar-refractivity contribution is 8.18. The maximum atomic E-state index is 12.8. The number of thioether (sulfide) groups is 1. The fourth-order valence-electron chi connectivity index (χ4n) is 2.51. The number of hydrogen-bond acceptors (Lipinski definition) is 7. The summed E-state index contributed by atoms with van der Waals surface area (Å²) in [5, 5.41) is 3.07. The summed E-state index contributed by atoms with van der Waals surface area (Å²) in [6.07, 6.45) is 8.51. The van der Waals surface area contributed by atoms with Crippen LogP contribution in [-0.2, 0) is 4.79 Å². The molecule has 1 amide bonds. The van der Waals surface area contributed by atoms with E-state index in [1.54, 1.807) is 29.6 Å². The molecular weight excluding hydrogens is 366 g/mol. The van der Waals surface area contributed by atoms with Crippen molar-refractivity contribution in [3.05, 3.63) is 65.3 Å². The van der Waals surface area contributed by atoms with Gasteiger partial charge < -0.3 is 0 Å². The van der Waals surface area contributed by atoms with Crippen LogP contribution in [0.4, 0.5) is 5.13 Å². The highest BCUT2D eigenvalue weighted by Gasteiger charge is 2.33. The quantitative estimate of drug-likeness (QED) is 0.508. The van der Waals surface area contributed by atoms with Gasteiger partial charge in [-0.15, -0.1) is 17.9 Å². The summed E-state index contributed by atoms with van der Waals surface area (Å²) in [5.41, 5.74) is 2.40. The fraction of sp³-hybridized carbons (Fsp3) is 0.0556. The highest BCUT2D eigenvalue weighted by atomic mass is 32.2. The minimum Gasteiger partial charge on any atom is -0.282 e. The van der Waals surface area contributed by atoms with E-state index < -0.39 is 0 Å². The van der Waals surface area contributed by atoms with Crippen LogP contribution in [0.5, 0.6) is 0 Å². The molecule has 0 unspecified atom stereocenters. The summed E-state index contributed by atoms with van der Waals surface area (Å²) in [6.45, 7) is 4.12.